The number of piperidine rings is 1. The van der Waals surface area contributed by atoms with Crippen LogP contribution in [0.2, 0.25) is 0 Å². The van der Waals surface area contributed by atoms with Crippen molar-refractivity contribution in [3.05, 3.63) is 35.4 Å². The minimum Gasteiger partial charge on any atom is -0.341 e. The van der Waals surface area contributed by atoms with Crippen LogP contribution >= 0.6 is 0 Å². The van der Waals surface area contributed by atoms with Gasteiger partial charge in [-0.2, -0.15) is 0 Å². The molecule has 2 aliphatic heterocycles. The molecule has 8 heteroatoms. The number of carbonyl (C=O) groups is 3. The van der Waals surface area contributed by atoms with Crippen LogP contribution in [0.15, 0.2) is 18.2 Å². The van der Waals surface area contributed by atoms with Gasteiger partial charge < -0.3 is 10.2 Å². The van der Waals surface area contributed by atoms with E-state index < -0.39 is 35.7 Å². The van der Waals surface area contributed by atoms with Gasteiger partial charge in [0.2, 0.25) is 5.91 Å². The fourth-order valence-electron chi connectivity index (χ4n) is 4.01. The average molecular weight is 379 g/mol. The van der Waals surface area contributed by atoms with E-state index in [-0.39, 0.29) is 11.5 Å². The van der Waals surface area contributed by atoms with Crippen molar-refractivity contribution in [3.63, 3.8) is 0 Å². The number of amides is 4. The van der Waals surface area contributed by atoms with Gasteiger partial charge in [-0.1, -0.05) is 13.8 Å². The lowest BCUT2D eigenvalue weighted by Gasteiger charge is -2.35. The topological polar surface area (TPSA) is 69.7 Å². The molecule has 4 amide bonds. The SMILES string of the molecule is CC1CC(C)CN(C(=O)CN2C(=O)NC(C)(c3cc(F)ccc3F)C2=O)C1. The van der Waals surface area contributed by atoms with Crippen LogP contribution in [0, 0.1) is 23.5 Å². The van der Waals surface area contributed by atoms with Gasteiger partial charge in [-0.15, -0.1) is 0 Å². The van der Waals surface area contributed by atoms with E-state index in [4.69, 9.17) is 0 Å². The summed E-state index contributed by atoms with van der Waals surface area (Å²) in [4.78, 5) is 40.2. The predicted molar refractivity (Wildman–Crippen MR) is 93.5 cm³/mol. The molecule has 0 bridgehead atoms. The number of likely N-dealkylation sites (tertiary alicyclic amines) is 1. The minimum absolute atomic E-state index is 0.268. The van der Waals surface area contributed by atoms with Crippen LogP contribution in [-0.2, 0) is 15.1 Å². The summed E-state index contributed by atoms with van der Waals surface area (Å²) in [6, 6.07) is 1.92. The van der Waals surface area contributed by atoms with Gasteiger partial charge in [0, 0.05) is 18.7 Å². The number of imide groups is 1. The highest BCUT2D eigenvalue weighted by Gasteiger charge is 2.51. The Bertz CT molecular complexity index is 790. The first-order chi connectivity index (χ1) is 12.6. The molecule has 2 aliphatic rings. The molecule has 3 rings (SSSR count). The maximum absolute atomic E-state index is 14.2. The summed E-state index contributed by atoms with van der Waals surface area (Å²) in [6.45, 7) is 6.13. The monoisotopic (exact) mass is 379 g/mol. The molecule has 0 aromatic heterocycles. The third-order valence-corrected chi connectivity index (χ3v) is 5.26. The smallest absolute Gasteiger partial charge is 0.325 e. The number of nitrogens with zero attached hydrogens (tertiary/aromatic N) is 2. The molecule has 1 aromatic rings. The van der Waals surface area contributed by atoms with E-state index in [1.54, 1.807) is 4.90 Å². The average Bonchev–Trinajstić information content (AvgIpc) is 2.80. The number of hydrogen-bond donors (Lipinski definition) is 1. The molecule has 3 atom stereocenters. The number of rotatable bonds is 3. The van der Waals surface area contributed by atoms with Gasteiger partial charge in [-0.25, -0.2) is 13.6 Å². The van der Waals surface area contributed by atoms with E-state index in [1.807, 2.05) is 13.8 Å². The predicted octanol–water partition coefficient (Wildman–Crippen LogP) is 2.24. The Balaban J connectivity index is 1.80. The zero-order chi connectivity index (χ0) is 19.9. The molecular formula is C19H23F2N3O3. The van der Waals surface area contributed by atoms with Gasteiger partial charge >= 0.3 is 6.03 Å². The van der Waals surface area contributed by atoms with Crippen LogP contribution in [0.4, 0.5) is 13.6 Å². The third-order valence-electron chi connectivity index (χ3n) is 5.26. The summed E-state index contributed by atoms with van der Waals surface area (Å²) in [5.74, 6) is -1.95. The highest BCUT2D eigenvalue weighted by Crippen LogP contribution is 2.31. The van der Waals surface area contributed by atoms with Crippen LogP contribution < -0.4 is 5.32 Å². The summed E-state index contributed by atoms with van der Waals surface area (Å²) < 4.78 is 27.7. The van der Waals surface area contributed by atoms with Crippen LogP contribution in [-0.4, -0.2) is 47.3 Å². The van der Waals surface area contributed by atoms with Gasteiger partial charge in [-0.3, -0.25) is 14.5 Å². The lowest BCUT2D eigenvalue weighted by atomic mass is 9.91. The van der Waals surface area contributed by atoms with Crippen LogP contribution in [0.5, 0.6) is 0 Å². The van der Waals surface area contributed by atoms with Gasteiger partial charge in [0.1, 0.15) is 23.7 Å². The van der Waals surface area contributed by atoms with E-state index in [0.717, 1.165) is 29.5 Å². The van der Waals surface area contributed by atoms with Gasteiger partial charge in [-0.05, 0) is 43.4 Å². The Hall–Kier alpha value is -2.51. The molecule has 2 heterocycles. The molecule has 1 N–H and O–H groups in total. The molecule has 6 nitrogen and oxygen atoms in total. The van der Waals surface area contributed by atoms with Crippen LogP contribution in [0.1, 0.15) is 32.8 Å². The quantitative estimate of drug-likeness (QED) is 0.819. The van der Waals surface area contributed by atoms with Gasteiger partial charge in [0.15, 0.2) is 0 Å². The van der Waals surface area contributed by atoms with Crippen molar-refractivity contribution in [1.29, 1.82) is 0 Å². The highest BCUT2D eigenvalue weighted by molar-refractivity contribution is 6.09. The molecule has 1 aromatic carbocycles. The Kier molecular flexibility index (Phi) is 4.92. The Morgan fingerprint density at radius 1 is 1.22 bits per heavy atom. The second-order valence-corrected chi connectivity index (χ2v) is 7.82. The maximum atomic E-state index is 14.2. The fourth-order valence-corrected chi connectivity index (χ4v) is 4.01. The Labute approximate surface area is 156 Å². The first-order valence-corrected chi connectivity index (χ1v) is 8.99. The van der Waals surface area contributed by atoms with E-state index in [2.05, 4.69) is 5.32 Å². The molecule has 0 aliphatic carbocycles. The standard InChI is InChI=1S/C19H23F2N3O3/c1-11-6-12(2)9-23(8-11)16(25)10-24-17(26)19(3,22-18(24)27)14-7-13(20)4-5-15(14)21/h4-5,7,11-12H,6,8-10H2,1-3H3,(H,22,27). The second kappa shape index (κ2) is 6.90. The molecule has 0 radical (unpaired) electrons. The fraction of sp³-hybridized carbons (Fsp3) is 0.526. The normalized spacial score (nSPS) is 28.5. The lowest BCUT2D eigenvalue weighted by molar-refractivity contribution is -0.140. The second-order valence-electron chi connectivity index (χ2n) is 7.82. The Morgan fingerprint density at radius 3 is 2.48 bits per heavy atom. The van der Waals surface area contributed by atoms with Crippen LogP contribution in [0.25, 0.3) is 0 Å². The van der Waals surface area contributed by atoms with E-state index >= 15 is 0 Å². The van der Waals surface area contributed by atoms with E-state index in [0.29, 0.717) is 24.9 Å². The number of urea groups is 1. The molecular weight excluding hydrogens is 356 g/mol. The van der Waals surface area contributed by atoms with Crippen molar-refractivity contribution in [1.82, 2.24) is 15.1 Å². The van der Waals surface area contributed by atoms with Crippen molar-refractivity contribution in [3.8, 4) is 0 Å². The van der Waals surface area contributed by atoms with Gasteiger partial charge in [0.25, 0.3) is 5.91 Å². The number of hydrogen-bond acceptors (Lipinski definition) is 3. The Morgan fingerprint density at radius 2 is 1.85 bits per heavy atom. The van der Waals surface area contributed by atoms with Crippen molar-refractivity contribution in [2.75, 3.05) is 19.6 Å². The summed E-state index contributed by atoms with van der Waals surface area (Å²) in [7, 11) is 0. The van der Waals surface area contributed by atoms with Crippen molar-refractivity contribution in [2.24, 2.45) is 11.8 Å². The first kappa shape index (κ1) is 19.3. The maximum Gasteiger partial charge on any atom is 0.325 e. The van der Waals surface area contributed by atoms with E-state index in [1.165, 1.54) is 6.92 Å². The largest absolute Gasteiger partial charge is 0.341 e. The molecule has 3 unspecified atom stereocenters. The molecule has 0 saturated carbocycles. The molecule has 27 heavy (non-hydrogen) atoms. The van der Waals surface area contributed by atoms with Crippen molar-refractivity contribution < 1.29 is 23.2 Å². The molecule has 146 valence electrons. The summed E-state index contributed by atoms with van der Waals surface area (Å²) in [6.07, 6.45) is 1.02. The zero-order valence-electron chi connectivity index (χ0n) is 15.6. The van der Waals surface area contributed by atoms with Crippen molar-refractivity contribution in [2.45, 2.75) is 32.7 Å². The first-order valence-electron chi connectivity index (χ1n) is 8.99. The molecule has 2 saturated heterocycles. The van der Waals surface area contributed by atoms with Crippen LogP contribution in [0.3, 0.4) is 0 Å². The minimum atomic E-state index is -1.76. The number of carbonyl (C=O) groups excluding carboxylic acids is 3. The van der Waals surface area contributed by atoms with E-state index in [9.17, 15) is 23.2 Å². The summed E-state index contributed by atoms with van der Waals surface area (Å²) >= 11 is 0. The third kappa shape index (κ3) is 3.52. The lowest BCUT2D eigenvalue weighted by Crippen LogP contribution is -2.48. The zero-order valence-corrected chi connectivity index (χ0v) is 15.6. The number of benzene rings is 1. The summed E-state index contributed by atoms with van der Waals surface area (Å²) in [5.41, 5.74) is -2.03. The number of nitrogens with one attached hydrogen (secondary N) is 1. The molecule has 2 fully saturated rings. The molecule has 0 spiro atoms. The highest BCUT2D eigenvalue weighted by atomic mass is 19.1. The number of halogens is 2. The summed E-state index contributed by atoms with van der Waals surface area (Å²) in [5, 5.41) is 2.40. The van der Waals surface area contributed by atoms with Crippen molar-refractivity contribution >= 4 is 17.8 Å². The van der Waals surface area contributed by atoms with Gasteiger partial charge in [0.05, 0.1) is 0 Å².